The summed E-state index contributed by atoms with van der Waals surface area (Å²) in [6.07, 6.45) is 8.10. The smallest absolute Gasteiger partial charge is 0.0320 e. The highest BCUT2D eigenvalue weighted by Gasteiger charge is 2.22. The molecule has 1 heteroatoms. The van der Waals surface area contributed by atoms with Crippen LogP contribution in [0.1, 0.15) is 69.5 Å². The predicted octanol–water partition coefficient (Wildman–Crippen LogP) is 5.00. The molecular formula is C18H29N. The Balaban J connectivity index is 1.96. The van der Waals surface area contributed by atoms with Crippen LogP contribution in [-0.2, 0) is 0 Å². The standard InChI is InChI=1S/C18H29N/c1-4-15-7-6-8-17(13-15)19-18(5-2)16-11-9-14(3)10-12-16/h9-12,15,17-19H,4-8,13H2,1-3H3. The highest BCUT2D eigenvalue weighted by Crippen LogP contribution is 2.29. The molecular weight excluding hydrogens is 230 g/mol. The van der Waals surface area contributed by atoms with E-state index in [9.17, 15) is 0 Å². The Morgan fingerprint density at radius 1 is 1.16 bits per heavy atom. The van der Waals surface area contributed by atoms with Crippen LogP contribution in [0, 0.1) is 12.8 Å². The first-order chi connectivity index (χ1) is 9.22. The Bertz CT molecular complexity index is 368. The van der Waals surface area contributed by atoms with Crippen LogP contribution in [-0.4, -0.2) is 6.04 Å². The molecule has 1 aromatic rings. The number of benzene rings is 1. The molecule has 1 nitrogen and oxygen atoms in total. The average Bonchev–Trinajstić information content (AvgIpc) is 2.46. The fourth-order valence-electron chi connectivity index (χ4n) is 3.35. The van der Waals surface area contributed by atoms with Crippen LogP contribution in [0.4, 0.5) is 0 Å². The Hall–Kier alpha value is -0.820. The van der Waals surface area contributed by atoms with Gasteiger partial charge in [-0.1, -0.05) is 62.9 Å². The number of rotatable bonds is 5. The van der Waals surface area contributed by atoms with Crippen LogP contribution < -0.4 is 5.32 Å². The van der Waals surface area contributed by atoms with Crippen LogP contribution in [0.2, 0.25) is 0 Å². The minimum absolute atomic E-state index is 0.529. The molecule has 1 fully saturated rings. The highest BCUT2D eigenvalue weighted by atomic mass is 15.0. The summed E-state index contributed by atoms with van der Waals surface area (Å²) in [6, 6.07) is 10.3. The molecule has 1 saturated carbocycles. The third-order valence-electron chi connectivity index (χ3n) is 4.69. The van der Waals surface area contributed by atoms with E-state index in [0.29, 0.717) is 6.04 Å². The first kappa shape index (κ1) is 14.6. The molecule has 106 valence electrons. The SMILES string of the molecule is CCC1CCCC(NC(CC)c2ccc(C)cc2)C1. The lowest BCUT2D eigenvalue weighted by atomic mass is 9.83. The van der Waals surface area contributed by atoms with Crippen molar-refractivity contribution < 1.29 is 0 Å². The Labute approximate surface area is 118 Å². The molecule has 19 heavy (non-hydrogen) atoms. The summed E-state index contributed by atoms with van der Waals surface area (Å²) in [5.41, 5.74) is 2.80. The van der Waals surface area contributed by atoms with Gasteiger partial charge in [0.1, 0.15) is 0 Å². The number of hydrogen-bond donors (Lipinski definition) is 1. The summed E-state index contributed by atoms with van der Waals surface area (Å²) in [6.45, 7) is 6.78. The van der Waals surface area contributed by atoms with Crippen LogP contribution in [0.5, 0.6) is 0 Å². The Morgan fingerprint density at radius 2 is 1.89 bits per heavy atom. The monoisotopic (exact) mass is 259 g/mol. The molecule has 1 aliphatic carbocycles. The first-order valence-electron chi connectivity index (χ1n) is 8.05. The molecule has 0 aliphatic heterocycles. The second-order valence-corrected chi connectivity index (χ2v) is 6.18. The zero-order chi connectivity index (χ0) is 13.7. The molecule has 2 rings (SSSR count). The molecule has 0 heterocycles. The van der Waals surface area contributed by atoms with E-state index in [4.69, 9.17) is 0 Å². The van der Waals surface area contributed by atoms with Gasteiger partial charge in [-0.2, -0.15) is 0 Å². The maximum absolute atomic E-state index is 3.91. The van der Waals surface area contributed by atoms with E-state index in [1.807, 2.05) is 0 Å². The van der Waals surface area contributed by atoms with Crippen LogP contribution in [0.25, 0.3) is 0 Å². The quantitative estimate of drug-likeness (QED) is 0.784. The number of nitrogens with one attached hydrogen (secondary N) is 1. The average molecular weight is 259 g/mol. The van der Waals surface area contributed by atoms with Crippen molar-refractivity contribution in [2.75, 3.05) is 0 Å². The van der Waals surface area contributed by atoms with Gasteiger partial charge < -0.3 is 5.32 Å². The molecule has 0 amide bonds. The lowest BCUT2D eigenvalue weighted by molar-refractivity contribution is 0.260. The van der Waals surface area contributed by atoms with Gasteiger partial charge in [-0.05, 0) is 37.7 Å². The molecule has 0 saturated heterocycles. The normalized spacial score (nSPS) is 25.2. The lowest BCUT2D eigenvalue weighted by Gasteiger charge is -2.32. The van der Waals surface area contributed by atoms with Gasteiger partial charge in [-0.25, -0.2) is 0 Å². The fraction of sp³-hybridized carbons (Fsp3) is 0.667. The van der Waals surface area contributed by atoms with Crippen LogP contribution >= 0.6 is 0 Å². The van der Waals surface area contributed by atoms with Gasteiger partial charge in [0.15, 0.2) is 0 Å². The van der Waals surface area contributed by atoms with E-state index in [0.717, 1.165) is 12.0 Å². The van der Waals surface area contributed by atoms with Crippen molar-refractivity contribution in [3.8, 4) is 0 Å². The van der Waals surface area contributed by atoms with Gasteiger partial charge in [0.25, 0.3) is 0 Å². The van der Waals surface area contributed by atoms with E-state index in [-0.39, 0.29) is 0 Å². The van der Waals surface area contributed by atoms with Gasteiger partial charge in [-0.15, -0.1) is 0 Å². The van der Waals surface area contributed by atoms with Gasteiger partial charge in [0.2, 0.25) is 0 Å². The minimum Gasteiger partial charge on any atom is -0.307 e. The maximum Gasteiger partial charge on any atom is 0.0320 e. The van der Waals surface area contributed by atoms with E-state index >= 15 is 0 Å². The summed E-state index contributed by atoms with van der Waals surface area (Å²) in [5.74, 6) is 0.946. The van der Waals surface area contributed by atoms with Crippen molar-refractivity contribution in [1.29, 1.82) is 0 Å². The first-order valence-corrected chi connectivity index (χ1v) is 8.05. The van der Waals surface area contributed by atoms with Crippen molar-refractivity contribution in [3.05, 3.63) is 35.4 Å². The van der Waals surface area contributed by atoms with E-state index in [1.165, 1.54) is 49.7 Å². The van der Waals surface area contributed by atoms with Crippen molar-refractivity contribution in [1.82, 2.24) is 5.32 Å². The number of aryl methyl sites for hydroxylation is 1. The molecule has 0 radical (unpaired) electrons. The lowest BCUT2D eigenvalue weighted by Crippen LogP contribution is -2.36. The summed E-state index contributed by atoms with van der Waals surface area (Å²) < 4.78 is 0. The fourth-order valence-corrected chi connectivity index (χ4v) is 3.35. The summed E-state index contributed by atoms with van der Waals surface area (Å²) in [7, 11) is 0. The number of hydrogen-bond acceptors (Lipinski definition) is 1. The summed E-state index contributed by atoms with van der Waals surface area (Å²) in [5, 5.41) is 3.91. The molecule has 1 N–H and O–H groups in total. The topological polar surface area (TPSA) is 12.0 Å². The molecule has 1 aliphatic rings. The zero-order valence-electron chi connectivity index (χ0n) is 12.8. The van der Waals surface area contributed by atoms with Gasteiger partial charge in [0.05, 0.1) is 0 Å². The van der Waals surface area contributed by atoms with Gasteiger partial charge in [0, 0.05) is 12.1 Å². The molecule has 3 unspecified atom stereocenters. The van der Waals surface area contributed by atoms with Crippen LogP contribution in [0.15, 0.2) is 24.3 Å². The maximum atomic E-state index is 3.91. The van der Waals surface area contributed by atoms with Crippen molar-refractivity contribution in [2.24, 2.45) is 5.92 Å². The molecule has 3 atom stereocenters. The highest BCUT2D eigenvalue weighted by molar-refractivity contribution is 5.24. The second kappa shape index (κ2) is 7.09. The molecule has 0 spiro atoms. The van der Waals surface area contributed by atoms with E-state index in [1.54, 1.807) is 0 Å². The molecule has 0 bridgehead atoms. The summed E-state index contributed by atoms with van der Waals surface area (Å²) >= 11 is 0. The zero-order valence-corrected chi connectivity index (χ0v) is 12.8. The second-order valence-electron chi connectivity index (χ2n) is 6.18. The third kappa shape index (κ3) is 4.07. The third-order valence-corrected chi connectivity index (χ3v) is 4.69. The summed E-state index contributed by atoms with van der Waals surface area (Å²) in [4.78, 5) is 0. The molecule has 0 aromatic heterocycles. The largest absolute Gasteiger partial charge is 0.307 e. The van der Waals surface area contributed by atoms with Crippen molar-refractivity contribution in [3.63, 3.8) is 0 Å². The van der Waals surface area contributed by atoms with Gasteiger partial charge in [-0.3, -0.25) is 0 Å². The van der Waals surface area contributed by atoms with Crippen molar-refractivity contribution >= 4 is 0 Å². The van der Waals surface area contributed by atoms with Crippen LogP contribution in [0.3, 0.4) is 0 Å². The van der Waals surface area contributed by atoms with Crippen molar-refractivity contribution in [2.45, 2.75) is 71.4 Å². The van der Waals surface area contributed by atoms with E-state index < -0.39 is 0 Å². The predicted molar refractivity (Wildman–Crippen MR) is 83.4 cm³/mol. The molecule has 1 aromatic carbocycles. The Kier molecular flexibility index (Phi) is 5.45. The van der Waals surface area contributed by atoms with Gasteiger partial charge >= 0.3 is 0 Å². The minimum atomic E-state index is 0.529. The van der Waals surface area contributed by atoms with E-state index in [2.05, 4.69) is 50.4 Å². The Morgan fingerprint density at radius 3 is 2.53 bits per heavy atom.